The number of rotatable bonds is 5. The molecule has 0 aliphatic rings. The van der Waals surface area contributed by atoms with Crippen LogP contribution in [0.15, 0.2) is 37.1 Å². The van der Waals surface area contributed by atoms with Crippen molar-refractivity contribution in [2.24, 2.45) is 0 Å². The van der Waals surface area contributed by atoms with Gasteiger partial charge in [-0.3, -0.25) is 0 Å². The van der Waals surface area contributed by atoms with E-state index in [1.807, 2.05) is 24.4 Å². The third-order valence-corrected chi connectivity index (χ3v) is 1.95. The predicted octanol–water partition coefficient (Wildman–Crippen LogP) is 1.08. The van der Waals surface area contributed by atoms with E-state index >= 15 is 0 Å². The second kappa shape index (κ2) is 5.49. The van der Waals surface area contributed by atoms with Gasteiger partial charge in [-0.05, 0) is 12.5 Å². The fourth-order valence-corrected chi connectivity index (χ4v) is 1.32. The van der Waals surface area contributed by atoms with Crippen LogP contribution in [-0.2, 0) is 13.0 Å². The molecule has 1 aromatic rings. The summed E-state index contributed by atoms with van der Waals surface area (Å²) in [6.07, 6.45) is 5.66. The second-order valence-electron chi connectivity index (χ2n) is 2.96. The van der Waals surface area contributed by atoms with Crippen LogP contribution >= 0.6 is 0 Å². The summed E-state index contributed by atoms with van der Waals surface area (Å²) in [5.74, 6) is 0. The number of hydrogen-bond acceptors (Lipinski definition) is 1. The second-order valence-corrected chi connectivity index (χ2v) is 2.96. The van der Waals surface area contributed by atoms with Gasteiger partial charge in [0.1, 0.15) is 0 Å². The van der Waals surface area contributed by atoms with Gasteiger partial charge in [-0.25, -0.2) is 0 Å². The molecule has 1 aromatic heterocycles. The van der Waals surface area contributed by atoms with Crippen molar-refractivity contribution in [2.45, 2.75) is 19.4 Å². The van der Waals surface area contributed by atoms with E-state index in [2.05, 4.69) is 17.2 Å². The zero-order valence-corrected chi connectivity index (χ0v) is 7.82. The quantitative estimate of drug-likeness (QED) is 0.529. The Balaban J connectivity index is 2.71. The molecule has 0 atom stereocenters. The van der Waals surface area contributed by atoms with Gasteiger partial charge in [-0.2, -0.15) is 4.57 Å². The fraction of sp³-hybridized carbons (Fsp3) is 0.364. The Morgan fingerprint density at radius 2 is 2.31 bits per heavy atom. The van der Waals surface area contributed by atoms with E-state index in [9.17, 15) is 0 Å². The average molecular weight is 178 g/mol. The molecule has 2 nitrogen and oxygen atoms in total. The van der Waals surface area contributed by atoms with Crippen molar-refractivity contribution in [3.63, 3.8) is 0 Å². The van der Waals surface area contributed by atoms with E-state index in [4.69, 9.17) is 5.11 Å². The van der Waals surface area contributed by atoms with Crippen LogP contribution in [0.25, 0.3) is 0 Å². The van der Waals surface area contributed by atoms with E-state index in [0.29, 0.717) is 0 Å². The van der Waals surface area contributed by atoms with E-state index in [-0.39, 0.29) is 6.61 Å². The number of nitrogens with zero attached hydrogens (tertiary/aromatic N) is 1. The van der Waals surface area contributed by atoms with Gasteiger partial charge in [0.2, 0.25) is 0 Å². The van der Waals surface area contributed by atoms with Crippen molar-refractivity contribution in [1.29, 1.82) is 0 Å². The first-order chi connectivity index (χ1) is 6.38. The van der Waals surface area contributed by atoms with Gasteiger partial charge < -0.3 is 5.11 Å². The van der Waals surface area contributed by atoms with E-state index in [1.54, 1.807) is 0 Å². The number of aryl methyl sites for hydroxylation is 1. The molecule has 0 bridgehead atoms. The molecule has 0 radical (unpaired) electrons. The van der Waals surface area contributed by atoms with Crippen LogP contribution < -0.4 is 4.57 Å². The monoisotopic (exact) mass is 178 g/mol. The summed E-state index contributed by atoms with van der Waals surface area (Å²) < 4.78 is 2.14. The van der Waals surface area contributed by atoms with Crippen molar-refractivity contribution in [1.82, 2.24) is 0 Å². The lowest BCUT2D eigenvalue weighted by Crippen LogP contribution is -2.37. The fourth-order valence-electron chi connectivity index (χ4n) is 1.32. The van der Waals surface area contributed by atoms with Gasteiger partial charge >= 0.3 is 0 Å². The molecule has 2 heteroatoms. The third-order valence-electron chi connectivity index (χ3n) is 1.95. The van der Waals surface area contributed by atoms with Crippen LogP contribution in [0.1, 0.15) is 12.1 Å². The molecule has 0 aliphatic carbocycles. The summed E-state index contributed by atoms with van der Waals surface area (Å²) in [4.78, 5) is 0. The highest BCUT2D eigenvalue weighted by atomic mass is 16.2. The number of aliphatic hydroxyl groups excluding tert-OH is 1. The molecular formula is C11H16NO+. The normalized spacial score (nSPS) is 9.92. The molecule has 0 unspecified atom stereocenters. The van der Waals surface area contributed by atoms with Gasteiger partial charge in [-0.1, -0.05) is 12.6 Å². The molecule has 0 aromatic carbocycles. The summed E-state index contributed by atoms with van der Waals surface area (Å²) in [5.41, 5.74) is 1.25. The SMILES string of the molecule is C=CC[n+]1ccccc1CCCO. The minimum Gasteiger partial charge on any atom is -0.396 e. The highest BCUT2D eigenvalue weighted by molar-refractivity contribution is 4.97. The van der Waals surface area contributed by atoms with Gasteiger partial charge in [0, 0.05) is 25.2 Å². The average Bonchev–Trinajstić information content (AvgIpc) is 2.17. The smallest absolute Gasteiger partial charge is 0.181 e. The Labute approximate surface area is 79.2 Å². The first kappa shape index (κ1) is 9.93. The van der Waals surface area contributed by atoms with Crippen LogP contribution in [0, 0.1) is 0 Å². The van der Waals surface area contributed by atoms with Gasteiger partial charge in [0.25, 0.3) is 0 Å². The largest absolute Gasteiger partial charge is 0.396 e. The van der Waals surface area contributed by atoms with Crippen molar-refractivity contribution in [2.75, 3.05) is 6.61 Å². The van der Waals surface area contributed by atoms with Crippen molar-refractivity contribution < 1.29 is 9.67 Å². The number of hydrogen-bond donors (Lipinski definition) is 1. The first-order valence-electron chi connectivity index (χ1n) is 4.57. The molecule has 0 fully saturated rings. The summed E-state index contributed by atoms with van der Waals surface area (Å²) in [6.45, 7) is 4.80. The van der Waals surface area contributed by atoms with Crippen molar-refractivity contribution in [3.05, 3.63) is 42.7 Å². The molecule has 70 valence electrons. The predicted molar refractivity (Wildman–Crippen MR) is 52.2 cm³/mol. The third kappa shape index (κ3) is 2.99. The minimum atomic E-state index is 0.253. The number of allylic oxidation sites excluding steroid dienone is 1. The summed E-state index contributed by atoms with van der Waals surface area (Å²) in [6, 6.07) is 6.11. The molecule has 0 spiro atoms. The summed E-state index contributed by atoms with van der Waals surface area (Å²) >= 11 is 0. The van der Waals surface area contributed by atoms with Gasteiger partial charge in [-0.15, -0.1) is 0 Å². The van der Waals surface area contributed by atoms with Crippen molar-refractivity contribution in [3.8, 4) is 0 Å². The molecule has 0 aliphatic heterocycles. The topological polar surface area (TPSA) is 24.1 Å². The Morgan fingerprint density at radius 1 is 1.46 bits per heavy atom. The van der Waals surface area contributed by atoms with E-state index in [1.165, 1.54) is 5.69 Å². The summed E-state index contributed by atoms with van der Waals surface area (Å²) in [5, 5.41) is 8.72. The molecule has 1 heterocycles. The Bertz CT molecular complexity index is 271. The number of aliphatic hydroxyl groups is 1. The molecule has 0 amide bonds. The number of pyridine rings is 1. The highest BCUT2D eigenvalue weighted by Crippen LogP contribution is 1.96. The lowest BCUT2D eigenvalue weighted by Gasteiger charge is -1.99. The summed E-state index contributed by atoms with van der Waals surface area (Å²) in [7, 11) is 0. The van der Waals surface area contributed by atoms with Crippen LogP contribution in [0.4, 0.5) is 0 Å². The van der Waals surface area contributed by atoms with Crippen molar-refractivity contribution >= 4 is 0 Å². The Morgan fingerprint density at radius 3 is 3.00 bits per heavy atom. The van der Waals surface area contributed by atoms with Gasteiger partial charge in [0.05, 0.1) is 0 Å². The molecule has 0 saturated heterocycles. The maximum atomic E-state index is 8.72. The zero-order valence-electron chi connectivity index (χ0n) is 7.82. The highest BCUT2D eigenvalue weighted by Gasteiger charge is 2.05. The lowest BCUT2D eigenvalue weighted by molar-refractivity contribution is -0.694. The van der Waals surface area contributed by atoms with Crippen LogP contribution in [0.5, 0.6) is 0 Å². The standard InChI is InChI=1S/C11H16NO/c1-2-8-12-9-4-3-6-11(12)7-5-10-13/h2-4,6,9,13H,1,5,7-8,10H2/q+1. The van der Waals surface area contributed by atoms with E-state index < -0.39 is 0 Å². The first-order valence-corrected chi connectivity index (χ1v) is 4.57. The lowest BCUT2D eigenvalue weighted by atomic mass is 10.2. The maximum absolute atomic E-state index is 8.72. The van der Waals surface area contributed by atoms with E-state index in [0.717, 1.165) is 19.4 Å². The molecule has 0 saturated carbocycles. The van der Waals surface area contributed by atoms with Crippen LogP contribution in [-0.4, -0.2) is 11.7 Å². The number of aromatic nitrogens is 1. The Kier molecular flexibility index (Phi) is 4.19. The molecule has 13 heavy (non-hydrogen) atoms. The molecular weight excluding hydrogens is 162 g/mol. The Hall–Kier alpha value is -1.15. The molecule has 1 N–H and O–H groups in total. The van der Waals surface area contributed by atoms with Crippen LogP contribution in [0.2, 0.25) is 0 Å². The maximum Gasteiger partial charge on any atom is 0.181 e. The molecule has 1 rings (SSSR count). The minimum absolute atomic E-state index is 0.253. The van der Waals surface area contributed by atoms with Crippen LogP contribution in [0.3, 0.4) is 0 Å². The zero-order chi connectivity index (χ0) is 9.52. The van der Waals surface area contributed by atoms with Gasteiger partial charge in [0.15, 0.2) is 18.4 Å².